The molecular formula is C14H21F2NO. The van der Waals surface area contributed by atoms with Crippen molar-refractivity contribution in [3.8, 4) is 5.75 Å². The summed E-state index contributed by atoms with van der Waals surface area (Å²) >= 11 is 0. The smallest absolute Gasteiger partial charge is 0.165 e. The molecular weight excluding hydrogens is 236 g/mol. The molecule has 0 spiro atoms. The molecule has 1 aromatic rings. The first kappa shape index (κ1) is 14.9. The van der Waals surface area contributed by atoms with Gasteiger partial charge in [-0.25, -0.2) is 8.78 Å². The number of rotatable bonds is 9. The third kappa shape index (κ3) is 5.96. The lowest BCUT2D eigenvalue weighted by atomic mass is 10.2. The molecule has 0 heterocycles. The van der Waals surface area contributed by atoms with Gasteiger partial charge in [0.1, 0.15) is 5.82 Å². The molecule has 102 valence electrons. The summed E-state index contributed by atoms with van der Waals surface area (Å²) < 4.78 is 31.2. The molecule has 0 aliphatic carbocycles. The maximum absolute atomic E-state index is 13.2. The molecule has 0 aliphatic heterocycles. The van der Waals surface area contributed by atoms with Crippen LogP contribution >= 0.6 is 0 Å². The van der Waals surface area contributed by atoms with Crippen LogP contribution in [0.5, 0.6) is 5.75 Å². The Labute approximate surface area is 107 Å². The van der Waals surface area contributed by atoms with Gasteiger partial charge in [-0.3, -0.25) is 0 Å². The molecule has 1 aromatic carbocycles. The van der Waals surface area contributed by atoms with Gasteiger partial charge in [-0.15, -0.1) is 0 Å². The van der Waals surface area contributed by atoms with Crippen molar-refractivity contribution in [3.05, 3.63) is 29.8 Å². The standard InChI is InChI=1S/C14H21F2NO/c1-2-8-17-9-4-3-5-10-18-14-11-12(15)6-7-13(14)16/h6-7,11,17H,2-5,8-10H2,1H3. The summed E-state index contributed by atoms with van der Waals surface area (Å²) in [7, 11) is 0. The van der Waals surface area contributed by atoms with Gasteiger partial charge in [-0.05, 0) is 50.9 Å². The predicted molar refractivity (Wildman–Crippen MR) is 68.9 cm³/mol. The number of halogens is 2. The van der Waals surface area contributed by atoms with Gasteiger partial charge >= 0.3 is 0 Å². The van der Waals surface area contributed by atoms with E-state index in [1.54, 1.807) is 0 Å². The van der Waals surface area contributed by atoms with Gasteiger partial charge in [0.25, 0.3) is 0 Å². The average molecular weight is 257 g/mol. The zero-order valence-electron chi connectivity index (χ0n) is 10.8. The lowest BCUT2D eigenvalue weighted by molar-refractivity contribution is 0.289. The molecule has 0 aromatic heterocycles. The number of ether oxygens (including phenoxy) is 1. The third-order valence-electron chi connectivity index (χ3n) is 2.58. The minimum Gasteiger partial charge on any atom is -0.490 e. The molecule has 0 aliphatic rings. The number of nitrogens with one attached hydrogen (secondary N) is 1. The normalized spacial score (nSPS) is 10.6. The zero-order chi connectivity index (χ0) is 13.2. The lowest BCUT2D eigenvalue weighted by Crippen LogP contribution is -2.15. The number of hydrogen-bond donors (Lipinski definition) is 1. The molecule has 4 heteroatoms. The molecule has 0 radical (unpaired) electrons. The topological polar surface area (TPSA) is 21.3 Å². The van der Waals surface area contributed by atoms with Crippen molar-refractivity contribution in [1.82, 2.24) is 5.32 Å². The Morgan fingerprint density at radius 1 is 1.11 bits per heavy atom. The maximum atomic E-state index is 13.2. The van der Waals surface area contributed by atoms with E-state index in [1.807, 2.05) is 0 Å². The quantitative estimate of drug-likeness (QED) is 0.683. The van der Waals surface area contributed by atoms with Crippen molar-refractivity contribution in [2.24, 2.45) is 0 Å². The molecule has 0 bridgehead atoms. The Bertz CT molecular complexity index is 345. The van der Waals surface area contributed by atoms with E-state index in [0.29, 0.717) is 6.61 Å². The van der Waals surface area contributed by atoms with Crippen LogP contribution in [0.4, 0.5) is 8.78 Å². The van der Waals surface area contributed by atoms with Crippen LogP contribution < -0.4 is 10.1 Å². The summed E-state index contributed by atoms with van der Waals surface area (Å²) in [4.78, 5) is 0. The summed E-state index contributed by atoms with van der Waals surface area (Å²) in [6.45, 7) is 4.61. The summed E-state index contributed by atoms with van der Waals surface area (Å²) in [6, 6.07) is 3.25. The fourth-order valence-electron chi connectivity index (χ4n) is 1.60. The van der Waals surface area contributed by atoms with Gasteiger partial charge in [0.2, 0.25) is 0 Å². The summed E-state index contributed by atoms with van der Waals surface area (Å²) in [5.41, 5.74) is 0. The SMILES string of the molecule is CCCNCCCCCOc1cc(F)ccc1F. The van der Waals surface area contributed by atoms with Crippen LogP contribution in [-0.4, -0.2) is 19.7 Å². The number of unbranched alkanes of at least 4 members (excludes halogenated alkanes) is 2. The minimum atomic E-state index is -0.513. The van der Waals surface area contributed by atoms with Gasteiger partial charge in [-0.1, -0.05) is 6.92 Å². The van der Waals surface area contributed by atoms with Crippen LogP contribution in [0.2, 0.25) is 0 Å². The van der Waals surface area contributed by atoms with E-state index in [2.05, 4.69) is 12.2 Å². The first-order chi connectivity index (χ1) is 8.74. The Morgan fingerprint density at radius 2 is 1.94 bits per heavy atom. The van der Waals surface area contributed by atoms with Gasteiger partial charge in [-0.2, -0.15) is 0 Å². The van der Waals surface area contributed by atoms with E-state index < -0.39 is 11.6 Å². The molecule has 0 saturated carbocycles. The molecule has 0 amide bonds. The molecule has 1 N–H and O–H groups in total. The molecule has 0 saturated heterocycles. The van der Waals surface area contributed by atoms with E-state index in [9.17, 15) is 8.78 Å². The Balaban J connectivity index is 2.09. The van der Waals surface area contributed by atoms with Crippen LogP contribution in [0.15, 0.2) is 18.2 Å². The monoisotopic (exact) mass is 257 g/mol. The second-order valence-corrected chi connectivity index (χ2v) is 4.23. The minimum absolute atomic E-state index is 0.000826. The molecule has 2 nitrogen and oxygen atoms in total. The highest BCUT2D eigenvalue weighted by Crippen LogP contribution is 2.18. The highest BCUT2D eigenvalue weighted by Gasteiger charge is 2.04. The highest BCUT2D eigenvalue weighted by molar-refractivity contribution is 5.24. The van der Waals surface area contributed by atoms with Crippen LogP contribution in [0.25, 0.3) is 0 Å². The van der Waals surface area contributed by atoms with Crippen LogP contribution in [-0.2, 0) is 0 Å². The van der Waals surface area contributed by atoms with E-state index in [4.69, 9.17) is 4.74 Å². The van der Waals surface area contributed by atoms with Crippen LogP contribution in [0.3, 0.4) is 0 Å². The average Bonchev–Trinajstić information content (AvgIpc) is 2.36. The van der Waals surface area contributed by atoms with Crippen molar-refractivity contribution in [1.29, 1.82) is 0 Å². The van der Waals surface area contributed by atoms with Gasteiger partial charge in [0, 0.05) is 6.07 Å². The van der Waals surface area contributed by atoms with Crippen LogP contribution in [0, 0.1) is 11.6 Å². The number of hydrogen-bond acceptors (Lipinski definition) is 2. The van der Waals surface area contributed by atoms with E-state index in [0.717, 1.165) is 57.0 Å². The van der Waals surface area contributed by atoms with E-state index >= 15 is 0 Å². The predicted octanol–water partition coefficient (Wildman–Crippen LogP) is 3.51. The maximum Gasteiger partial charge on any atom is 0.165 e. The summed E-state index contributed by atoms with van der Waals surface area (Å²) in [5, 5.41) is 3.31. The third-order valence-corrected chi connectivity index (χ3v) is 2.58. The Hall–Kier alpha value is -1.16. The second kappa shape index (κ2) is 8.86. The fraction of sp³-hybridized carbons (Fsp3) is 0.571. The highest BCUT2D eigenvalue weighted by atomic mass is 19.1. The van der Waals surface area contributed by atoms with Gasteiger partial charge in [0.15, 0.2) is 11.6 Å². The molecule has 0 unspecified atom stereocenters. The van der Waals surface area contributed by atoms with Crippen LogP contribution in [0.1, 0.15) is 32.6 Å². The fourth-order valence-corrected chi connectivity index (χ4v) is 1.60. The Kier molecular flexibility index (Phi) is 7.34. The van der Waals surface area contributed by atoms with Crippen molar-refractivity contribution < 1.29 is 13.5 Å². The zero-order valence-corrected chi connectivity index (χ0v) is 10.8. The van der Waals surface area contributed by atoms with Gasteiger partial charge < -0.3 is 10.1 Å². The molecule has 0 fully saturated rings. The molecule has 1 rings (SSSR count). The summed E-state index contributed by atoms with van der Waals surface area (Å²) in [5.74, 6) is -0.990. The van der Waals surface area contributed by atoms with Gasteiger partial charge in [0.05, 0.1) is 6.61 Å². The number of benzene rings is 1. The molecule has 18 heavy (non-hydrogen) atoms. The largest absolute Gasteiger partial charge is 0.490 e. The molecule has 0 atom stereocenters. The van der Waals surface area contributed by atoms with E-state index in [1.165, 1.54) is 0 Å². The lowest BCUT2D eigenvalue weighted by Gasteiger charge is -2.07. The first-order valence-corrected chi connectivity index (χ1v) is 6.52. The first-order valence-electron chi connectivity index (χ1n) is 6.52. The second-order valence-electron chi connectivity index (χ2n) is 4.23. The Morgan fingerprint density at radius 3 is 2.72 bits per heavy atom. The van der Waals surface area contributed by atoms with Crippen molar-refractivity contribution in [3.63, 3.8) is 0 Å². The van der Waals surface area contributed by atoms with Crippen molar-refractivity contribution in [2.75, 3.05) is 19.7 Å². The van der Waals surface area contributed by atoms with Crippen molar-refractivity contribution in [2.45, 2.75) is 32.6 Å². The van der Waals surface area contributed by atoms with Crippen molar-refractivity contribution >= 4 is 0 Å². The van der Waals surface area contributed by atoms with E-state index in [-0.39, 0.29) is 5.75 Å². The summed E-state index contributed by atoms with van der Waals surface area (Å²) in [6.07, 6.45) is 4.09.